The van der Waals surface area contributed by atoms with E-state index in [1.165, 1.54) is 0 Å². The van der Waals surface area contributed by atoms with Crippen LogP contribution in [0.3, 0.4) is 0 Å². The Kier molecular flexibility index (Phi) is 2.95. The van der Waals surface area contributed by atoms with Crippen LogP contribution in [0.15, 0.2) is 42.7 Å². The van der Waals surface area contributed by atoms with E-state index in [1.54, 1.807) is 12.4 Å². The Balaban J connectivity index is 2.18. The van der Waals surface area contributed by atoms with Crippen molar-refractivity contribution in [3.05, 3.63) is 48.3 Å². The van der Waals surface area contributed by atoms with Crippen LogP contribution < -0.4 is 5.32 Å². The molecule has 0 bridgehead atoms. The smallest absolute Gasteiger partial charge is 0.234 e. The van der Waals surface area contributed by atoms with Gasteiger partial charge in [-0.05, 0) is 19.4 Å². The molecule has 88 valence electrons. The van der Waals surface area contributed by atoms with Crippen molar-refractivity contribution < 1.29 is 4.79 Å². The lowest BCUT2D eigenvalue weighted by Gasteiger charge is -2.23. The number of benzene rings is 1. The van der Waals surface area contributed by atoms with E-state index in [0.717, 1.165) is 5.56 Å². The van der Waals surface area contributed by atoms with Crippen molar-refractivity contribution in [3.8, 4) is 0 Å². The summed E-state index contributed by atoms with van der Waals surface area (Å²) >= 11 is 0. The quantitative estimate of drug-likeness (QED) is 0.848. The van der Waals surface area contributed by atoms with Crippen LogP contribution in [0, 0.1) is 0 Å². The Hall–Kier alpha value is -2.10. The lowest BCUT2D eigenvalue weighted by atomic mass is 9.84. The zero-order chi connectivity index (χ0) is 12.3. The van der Waals surface area contributed by atoms with Gasteiger partial charge in [0.05, 0.1) is 17.3 Å². The van der Waals surface area contributed by atoms with Crippen LogP contribution in [0.1, 0.15) is 19.4 Å². The maximum Gasteiger partial charge on any atom is 0.234 e. The Bertz CT molecular complexity index is 489. The van der Waals surface area contributed by atoms with Crippen molar-refractivity contribution >= 4 is 11.6 Å². The summed E-state index contributed by atoms with van der Waals surface area (Å²) in [6.45, 7) is 3.80. The fourth-order valence-electron chi connectivity index (χ4n) is 1.59. The van der Waals surface area contributed by atoms with Gasteiger partial charge in [-0.3, -0.25) is 9.89 Å². The van der Waals surface area contributed by atoms with Crippen LogP contribution in [-0.4, -0.2) is 16.1 Å². The summed E-state index contributed by atoms with van der Waals surface area (Å²) in [6.07, 6.45) is 3.23. The predicted molar refractivity (Wildman–Crippen MR) is 66.7 cm³/mol. The average molecular weight is 229 g/mol. The van der Waals surface area contributed by atoms with Crippen LogP contribution in [0.5, 0.6) is 0 Å². The van der Waals surface area contributed by atoms with Crippen LogP contribution in [0.25, 0.3) is 0 Å². The number of hydrogen-bond acceptors (Lipinski definition) is 2. The molecule has 1 heterocycles. The number of aromatic nitrogens is 2. The highest BCUT2D eigenvalue weighted by Crippen LogP contribution is 2.24. The number of hydrogen-bond donors (Lipinski definition) is 2. The van der Waals surface area contributed by atoms with Gasteiger partial charge in [0.15, 0.2) is 0 Å². The second kappa shape index (κ2) is 4.41. The predicted octanol–water partition coefficient (Wildman–Crippen LogP) is 2.33. The molecule has 0 fully saturated rings. The largest absolute Gasteiger partial charge is 0.323 e. The second-order valence-corrected chi connectivity index (χ2v) is 4.43. The first-order valence-corrected chi connectivity index (χ1v) is 5.46. The fraction of sp³-hybridized carbons (Fsp3) is 0.231. The molecule has 4 nitrogen and oxygen atoms in total. The summed E-state index contributed by atoms with van der Waals surface area (Å²) < 4.78 is 0. The SMILES string of the molecule is CC(C)(C(=O)Nc1cn[nH]c1)c1ccccc1. The summed E-state index contributed by atoms with van der Waals surface area (Å²) in [5.41, 5.74) is 1.10. The molecule has 2 aromatic rings. The molecule has 0 aliphatic rings. The molecule has 0 saturated carbocycles. The summed E-state index contributed by atoms with van der Waals surface area (Å²) in [5.74, 6) is -0.0508. The minimum absolute atomic E-state index is 0.0508. The number of nitrogens with zero attached hydrogens (tertiary/aromatic N) is 1. The first kappa shape index (κ1) is 11.4. The molecule has 0 unspecified atom stereocenters. The van der Waals surface area contributed by atoms with Crippen molar-refractivity contribution in [2.45, 2.75) is 19.3 Å². The van der Waals surface area contributed by atoms with E-state index in [9.17, 15) is 4.79 Å². The van der Waals surface area contributed by atoms with Crippen molar-refractivity contribution in [1.29, 1.82) is 0 Å². The standard InChI is InChI=1S/C13H15N3O/c1-13(2,10-6-4-3-5-7-10)12(17)16-11-8-14-15-9-11/h3-9H,1-2H3,(H,14,15)(H,16,17). The second-order valence-electron chi connectivity index (χ2n) is 4.43. The number of H-pyrrole nitrogens is 1. The minimum atomic E-state index is -0.571. The Morgan fingerprint density at radius 2 is 2.00 bits per heavy atom. The van der Waals surface area contributed by atoms with E-state index in [2.05, 4.69) is 15.5 Å². The van der Waals surface area contributed by atoms with Gasteiger partial charge in [0.2, 0.25) is 5.91 Å². The van der Waals surface area contributed by atoms with E-state index in [-0.39, 0.29) is 5.91 Å². The molecular weight excluding hydrogens is 214 g/mol. The lowest BCUT2D eigenvalue weighted by molar-refractivity contribution is -0.120. The lowest BCUT2D eigenvalue weighted by Crippen LogP contribution is -2.34. The highest BCUT2D eigenvalue weighted by molar-refractivity contribution is 5.98. The van der Waals surface area contributed by atoms with Gasteiger partial charge in [0.25, 0.3) is 0 Å². The summed E-state index contributed by atoms with van der Waals surface area (Å²) in [5, 5.41) is 9.28. The van der Waals surface area contributed by atoms with Crippen molar-refractivity contribution in [1.82, 2.24) is 10.2 Å². The van der Waals surface area contributed by atoms with Crippen molar-refractivity contribution in [2.75, 3.05) is 5.32 Å². The molecule has 17 heavy (non-hydrogen) atoms. The van der Waals surface area contributed by atoms with Gasteiger partial charge < -0.3 is 5.32 Å². The number of amides is 1. The zero-order valence-corrected chi connectivity index (χ0v) is 9.90. The van der Waals surface area contributed by atoms with Gasteiger partial charge in [-0.25, -0.2) is 0 Å². The number of aromatic amines is 1. The molecule has 0 saturated heterocycles. The molecule has 2 rings (SSSR count). The van der Waals surface area contributed by atoms with Gasteiger partial charge in [-0.1, -0.05) is 30.3 Å². The Labute approximate surface area is 100 Å². The van der Waals surface area contributed by atoms with Gasteiger partial charge in [-0.2, -0.15) is 5.10 Å². The van der Waals surface area contributed by atoms with Crippen molar-refractivity contribution in [3.63, 3.8) is 0 Å². The highest BCUT2D eigenvalue weighted by Gasteiger charge is 2.29. The van der Waals surface area contributed by atoms with Gasteiger partial charge in [0, 0.05) is 6.20 Å². The maximum absolute atomic E-state index is 12.2. The van der Waals surface area contributed by atoms with Gasteiger partial charge in [0.1, 0.15) is 0 Å². The third-order valence-corrected chi connectivity index (χ3v) is 2.82. The molecule has 1 aromatic heterocycles. The van der Waals surface area contributed by atoms with E-state index in [1.807, 2.05) is 44.2 Å². The number of carbonyl (C=O) groups excluding carboxylic acids is 1. The highest BCUT2D eigenvalue weighted by atomic mass is 16.2. The number of carbonyl (C=O) groups is 1. The van der Waals surface area contributed by atoms with Crippen molar-refractivity contribution in [2.24, 2.45) is 0 Å². The van der Waals surface area contributed by atoms with Gasteiger partial charge in [-0.15, -0.1) is 0 Å². The van der Waals surface area contributed by atoms with E-state index in [0.29, 0.717) is 5.69 Å². The molecule has 2 N–H and O–H groups in total. The zero-order valence-electron chi connectivity index (χ0n) is 9.90. The third-order valence-electron chi connectivity index (χ3n) is 2.82. The van der Waals surface area contributed by atoms with Crippen LogP contribution in [0.2, 0.25) is 0 Å². The normalized spacial score (nSPS) is 11.2. The fourth-order valence-corrected chi connectivity index (χ4v) is 1.59. The molecule has 0 spiro atoms. The van der Waals surface area contributed by atoms with E-state index >= 15 is 0 Å². The minimum Gasteiger partial charge on any atom is -0.323 e. The molecule has 0 radical (unpaired) electrons. The number of anilines is 1. The molecule has 1 amide bonds. The first-order chi connectivity index (χ1) is 8.10. The average Bonchev–Trinajstić information content (AvgIpc) is 2.83. The molecule has 0 atom stereocenters. The number of nitrogens with one attached hydrogen (secondary N) is 2. The third kappa shape index (κ3) is 2.36. The van der Waals surface area contributed by atoms with Crippen LogP contribution in [-0.2, 0) is 10.2 Å². The topological polar surface area (TPSA) is 57.8 Å². The molecule has 0 aliphatic heterocycles. The maximum atomic E-state index is 12.2. The molecular formula is C13H15N3O. The summed E-state index contributed by atoms with van der Waals surface area (Å²) in [4.78, 5) is 12.2. The monoisotopic (exact) mass is 229 g/mol. The van der Waals surface area contributed by atoms with Crippen LogP contribution in [0.4, 0.5) is 5.69 Å². The van der Waals surface area contributed by atoms with E-state index < -0.39 is 5.41 Å². The summed E-state index contributed by atoms with van der Waals surface area (Å²) in [7, 11) is 0. The Morgan fingerprint density at radius 3 is 2.59 bits per heavy atom. The Morgan fingerprint density at radius 1 is 1.29 bits per heavy atom. The molecule has 1 aromatic carbocycles. The van der Waals surface area contributed by atoms with Gasteiger partial charge >= 0.3 is 0 Å². The summed E-state index contributed by atoms with van der Waals surface area (Å²) in [6, 6.07) is 9.71. The van der Waals surface area contributed by atoms with Crippen LogP contribution >= 0.6 is 0 Å². The first-order valence-electron chi connectivity index (χ1n) is 5.46. The molecule has 0 aliphatic carbocycles. The van der Waals surface area contributed by atoms with E-state index in [4.69, 9.17) is 0 Å². The number of rotatable bonds is 3. The molecule has 4 heteroatoms.